The Morgan fingerprint density at radius 1 is 0.968 bits per heavy atom. The molecule has 0 saturated heterocycles. The first-order valence-electron chi connectivity index (χ1n) is 9.21. The maximum atomic E-state index is 12.0. The molecule has 2 amide bonds. The number of fused-ring (bicyclic) bond motifs is 1. The molecule has 2 aromatic heterocycles. The lowest BCUT2D eigenvalue weighted by atomic mass is 10.2. The summed E-state index contributed by atoms with van der Waals surface area (Å²) in [5.74, 6) is 2.27. The predicted octanol–water partition coefficient (Wildman–Crippen LogP) is 4.38. The molecule has 2 aromatic carbocycles. The molecule has 0 radical (unpaired) electrons. The number of anilines is 2. The van der Waals surface area contributed by atoms with Crippen molar-refractivity contribution in [2.45, 2.75) is 6.92 Å². The maximum absolute atomic E-state index is 12.0. The molecule has 2 heterocycles. The van der Waals surface area contributed by atoms with Crippen LogP contribution < -0.4 is 24.8 Å². The van der Waals surface area contributed by atoms with E-state index < -0.39 is 6.03 Å². The highest BCUT2D eigenvalue weighted by molar-refractivity contribution is 5.98. The van der Waals surface area contributed by atoms with Crippen molar-refractivity contribution < 1.29 is 23.5 Å². The smallest absolute Gasteiger partial charge is 0.326 e. The van der Waals surface area contributed by atoms with Crippen molar-refractivity contribution in [1.29, 1.82) is 0 Å². The SMILES string of the molecule is COc1cc2ncnc(Oc3ccc(NC(=O)Nc4cc(C)no4)cc3)c2cc1OC. The Morgan fingerprint density at radius 3 is 2.39 bits per heavy atom. The molecule has 0 aliphatic heterocycles. The quantitative estimate of drug-likeness (QED) is 0.470. The van der Waals surface area contributed by atoms with Crippen LogP contribution in [-0.2, 0) is 0 Å². The monoisotopic (exact) mass is 421 g/mol. The van der Waals surface area contributed by atoms with Crippen molar-refractivity contribution >= 4 is 28.5 Å². The summed E-state index contributed by atoms with van der Waals surface area (Å²) < 4.78 is 21.5. The van der Waals surface area contributed by atoms with E-state index in [9.17, 15) is 4.79 Å². The number of rotatable bonds is 6. The Morgan fingerprint density at radius 2 is 1.71 bits per heavy atom. The van der Waals surface area contributed by atoms with E-state index in [4.69, 9.17) is 18.7 Å². The third kappa shape index (κ3) is 4.47. The second kappa shape index (κ2) is 8.57. The summed E-state index contributed by atoms with van der Waals surface area (Å²) in [6, 6.07) is 11.5. The number of aromatic nitrogens is 3. The van der Waals surface area contributed by atoms with Gasteiger partial charge >= 0.3 is 6.03 Å². The number of benzene rings is 2. The van der Waals surface area contributed by atoms with Crippen LogP contribution in [0.15, 0.2) is 53.3 Å². The number of nitrogens with zero attached hydrogens (tertiary/aromatic N) is 3. The standard InChI is InChI=1S/C21H19N5O5/c1-12-8-19(31-26-12)25-21(27)24-13-4-6-14(7-5-13)30-20-15-9-17(28-2)18(29-3)10-16(15)22-11-23-20/h4-11H,1-3H3,(H2,24,25,27). The third-order valence-electron chi connectivity index (χ3n) is 4.30. The molecule has 0 aliphatic rings. The van der Waals surface area contributed by atoms with Gasteiger partial charge < -0.3 is 24.1 Å². The number of urea groups is 1. The molecule has 31 heavy (non-hydrogen) atoms. The van der Waals surface area contributed by atoms with E-state index >= 15 is 0 Å². The molecular formula is C21H19N5O5. The number of amides is 2. The normalized spacial score (nSPS) is 10.5. The zero-order chi connectivity index (χ0) is 21.8. The van der Waals surface area contributed by atoms with E-state index in [1.165, 1.54) is 6.33 Å². The minimum Gasteiger partial charge on any atom is -0.493 e. The molecule has 10 nitrogen and oxygen atoms in total. The molecule has 4 rings (SSSR count). The van der Waals surface area contributed by atoms with Gasteiger partial charge in [-0.2, -0.15) is 0 Å². The summed E-state index contributed by atoms with van der Waals surface area (Å²) in [4.78, 5) is 20.5. The maximum Gasteiger partial charge on any atom is 0.326 e. The van der Waals surface area contributed by atoms with Crippen molar-refractivity contribution in [3.05, 3.63) is 54.5 Å². The first-order chi connectivity index (χ1) is 15.1. The topological polar surface area (TPSA) is 121 Å². The number of hydrogen-bond acceptors (Lipinski definition) is 8. The van der Waals surface area contributed by atoms with Gasteiger partial charge in [0.15, 0.2) is 11.5 Å². The number of methoxy groups -OCH3 is 2. The highest BCUT2D eigenvalue weighted by atomic mass is 16.5. The van der Waals surface area contributed by atoms with Crippen LogP contribution in [0.25, 0.3) is 10.9 Å². The van der Waals surface area contributed by atoms with Crippen LogP contribution in [0.1, 0.15) is 5.69 Å². The summed E-state index contributed by atoms with van der Waals surface area (Å²) >= 11 is 0. The molecule has 0 aliphatic carbocycles. The van der Waals surface area contributed by atoms with Crippen LogP contribution in [0, 0.1) is 6.92 Å². The van der Waals surface area contributed by atoms with Crippen molar-refractivity contribution in [2.24, 2.45) is 0 Å². The highest BCUT2D eigenvalue weighted by Gasteiger charge is 2.13. The summed E-state index contributed by atoms with van der Waals surface area (Å²) in [6.45, 7) is 1.76. The fourth-order valence-corrected chi connectivity index (χ4v) is 2.86. The van der Waals surface area contributed by atoms with Gasteiger partial charge in [0.05, 0.1) is 30.8 Å². The third-order valence-corrected chi connectivity index (χ3v) is 4.30. The van der Waals surface area contributed by atoms with Gasteiger partial charge in [-0.15, -0.1) is 0 Å². The van der Waals surface area contributed by atoms with Crippen LogP contribution in [0.5, 0.6) is 23.1 Å². The Labute approximate surface area is 177 Å². The lowest BCUT2D eigenvalue weighted by Gasteiger charge is -2.12. The number of carbonyl (C=O) groups is 1. The molecular weight excluding hydrogens is 402 g/mol. The van der Waals surface area contributed by atoms with E-state index in [-0.39, 0.29) is 5.88 Å². The van der Waals surface area contributed by atoms with Crippen molar-refractivity contribution in [3.8, 4) is 23.1 Å². The van der Waals surface area contributed by atoms with Gasteiger partial charge in [0.2, 0.25) is 11.8 Å². The van der Waals surface area contributed by atoms with E-state index in [2.05, 4.69) is 25.8 Å². The fraction of sp³-hybridized carbons (Fsp3) is 0.143. The molecule has 0 spiro atoms. The zero-order valence-corrected chi connectivity index (χ0v) is 17.0. The van der Waals surface area contributed by atoms with E-state index in [1.54, 1.807) is 63.6 Å². The lowest BCUT2D eigenvalue weighted by molar-refractivity contribution is 0.261. The van der Waals surface area contributed by atoms with Crippen molar-refractivity contribution in [3.63, 3.8) is 0 Å². The van der Waals surface area contributed by atoms with Crippen LogP contribution in [-0.4, -0.2) is 35.4 Å². The minimum absolute atomic E-state index is 0.262. The van der Waals surface area contributed by atoms with Gasteiger partial charge in [-0.25, -0.2) is 14.8 Å². The number of aryl methyl sites for hydroxylation is 1. The van der Waals surface area contributed by atoms with Crippen LogP contribution in [0.2, 0.25) is 0 Å². The first-order valence-corrected chi connectivity index (χ1v) is 9.21. The number of nitrogens with one attached hydrogen (secondary N) is 2. The molecule has 0 atom stereocenters. The number of carbonyl (C=O) groups excluding carboxylic acids is 1. The van der Waals surface area contributed by atoms with Crippen LogP contribution >= 0.6 is 0 Å². The molecule has 2 N–H and O–H groups in total. The predicted molar refractivity (Wildman–Crippen MR) is 113 cm³/mol. The fourth-order valence-electron chi connectivity index (χ4n) is 2.86. The Balaban J connectivity index is 1.48. The second-order valence-electron chi connectivity index (χ2n) is 6.44. The van der Waals surface area contributed by atoms with Gasteiger partial charge in [-0.05, 0) is 37.3 Å². The summed E-state index contributed by atoms with van der Waals surface area (Å²) in [6.07, 6.45) is 1.41. The van der Waals surface area contributed by atoms with Gasteiger partial charge in [-0.3, -0.25) is 5.32 Å². The van der Waals surface area contributed by atoms with Gasteiger partial charge in [0.1, 0.15) is 12.1 Å². The van der Waals surface area contributed by atoms with Crippen LogP contribution in [0.4, 0.5) is 16.4 Å². The Hall–Kier alpha value is -4.34. The van der Waals surface area contributed by atoms with Gasteiger partial charge in [0, 0.05) is 17.8 Å². The molecule has 0 fully saturated rings. The summed E-state index contributed by atoms with van der Waals surface area (Å²) in [5, 5.41) is 9.64. The van der Waals surface area contributed by atoms with Crippen LogP contribution in [0.3, 0.4) is 0 Å². The molecule has 158 valence electrons. The Kier molecular flexibility index (Phi) is 5.52. The molecule has 4 aromatic rings. The molecule has 0 unspecified atom stereocenters. The van der Waals surface area contributed by atoms with E-state index in [0.29, 0.717) is 45.4 Å². The highest BCUT2D eigenvalue weighted by Crippen LogP contribution is 2.35. The van der Waals surface area contributed by atoms with Crippen molar-refractivity contribution in [2.75, 3.05) is 24.9 Å². The molecule has 0 bridgehead atoms. The number of hydrogen-bond donors (Lipinski definition) is 2. The summed E-state index contributed by atoms with van der Waals surface area (Å²) in [7, 11) is 3.12. The molecule has 10 heteroatoms. The van der Waals surface area contributed by atoms with Crippen molar-refractivity contribution in [1.82, 2.24) is 15.1 Å². The Bertz CT molecular complexity index is 1220. The average Bonchev–Trinajstić information content (AvgIpc) is 3.18. The minimum atomic E-state index is -0.451. The van der Waals surface area contributed by atoms with Gasteiger partial charge in [-0.1, -0.05) is 5.16 Å². The zero-order valence-electron chi connectivity index (χ0n) is 17.0. The summed E-state index contributed by atoms with van der Waals surface area (Å²) in [5.41, 5.74) is 1.89. The lowest BCUT2D eigenvalue weighted by Crippen LogP contribution is -2.18. The largest absolute Gasteiger partial charge is 0.493 e. The molecule has 0 saturated carbocycles. The second-order valence-corrected chi connectivity index (χ2v) is 6.44. The first kappa shape index (κ1) is 20.0. The van der Waals surface area contributed by atoms with E-state index in [1.807, 2.05) is 0 Å². The van der Waals surface area contributed by atoms with E-state index in [0.717, 1.165) is 0 Å². The average molecular weight is 421 g/mol. The number of ether oxygens (including phenoxy) is 3. The van der Waals surface area contributed by atoms with Gasteiger partial charge in [0.25, 0.3) is 0 Å².